The molecule has 1 aliphatic rings. The Bertz CT molecular complexity index is 487. The summed E-state index contributed by atoms with van der Waals surface area (Å²) in [5, 5.41) is 0. The van der Waals surface area contributed by atoms with Crippen LogP contribution in [0.1, 0.15) is 36.0 Å². The van der Waals surface area contributed by atoms with Crippen LogP contribution in [0.4, 0.5) is 0 Å². The molecule has 1 aliphatic carbocycles. The minimum absolute atomic E-state index is 0.0899. The SMILES string of the molecule is COc1cccc(C(=O)N(C)C2CCCCC2[NH+](C)C)c1. The number of benzene rings is 1. The van der Waals surface area contributed by atoms with Crippen molar-refractivity contribution < 1.29 is 14.4 Å². The average Bonchev–Trinajstić information content (AvgIpc) is 2.53. The summed E-state index contributed by atoms with van der Waals surface area (Å²) in [7, 11) is 7.94. The summed E-state index contributed by atoms with van der Waals surface area (Å²) < 4.78 is 5.21. The Morgan fingerprint density at radius 3 is 2.67 bits per heavy atom. The van der Waals surface area contributed by atoms with E-state index in [4.69, 9.17) is 4.74 Å². The van der Waals surface area contributed by atoms with Crippen molar-refractivity contribution in [2.45, 2.75) is 37.8 Å². The molecule has 4 heteroatoms. The molecule has 2 rings (SSSR count). The van der Waals surface area contributed by atoms with Gasteiger partial charge in [-0.1, -0.05) is 12.5 Å². The zero-order chi connectivity index (χ0) is 15.4. The number of hydrogen-bond donors (Lipinski definition) is 1. The largest absolute Gasteiger partial charge is 0.497 e. The molecule has 116 valence electrons. The van der Waals surface area contributed by atoms with Gasteiger partial charge in [-0.3, -0.25) is 4.79 Å². The molecule has 1 aromatic rings. The quantitative estimate of drug-likeness (QED) is 0.905. The molecule has 0 radical (unpaired) electrons. The number of hydrogen-bond acceptors (Lipinski definition) is 2. The molecule has 0 aliphatic heterocycles. The molecule has 2 unspecified atom stereocenters. The number of ether oxygens (including phenoxy) is 1. The fourth-order valence-electron chi connectivity index (χ4n) is 3.36. The Morgan fingerprint density at radius 1 is 1.29 bits per heavy atom. The number of likely N-dealkylation sites (N-methyl/N-ethyl adjacent to an activating group) is 2. The topological polar surface area (TPSA) is 34.0 Å². The van der Waals surface area contributed by atoms with Crippen molar-refractivity contribution in [3.05, 3.63) is 29.8 Å². The number of methoxy groups -OCH3 is 1. The highest BCUT2D eigenvalue weighted by Gasteiger charge is 2.35. The van der Waals surface area contributed by atoms with Crippen LogP contribution in [-0.4, -0.2) is 51.1 Å². The van der Waals surface area contributed by atoms with Gasteiger partial charge in [0.2, 0.25) is 0 Å². The van der Waals surface area contributed by atoms with Crippen LogP contribution < -0.4 is 9.64 Å². The fourth-order valence-corrected chi connectivity index (χ4v) is 3.36. The second kappa shape index (κ2) is 6.94. The second-order valence-electron chi connectivity index (χ2n) is 6.18. The molecule has 1 amide bonds. The van der Waals surface area contributed by atoms with Gasteiger partial charge >= 0.3 is 0 Å². The van der Waals surface area contributed by atoms with E-state index in [1.165, 1.54) is 24.2 Å². The van der Waals surface area contributed by atoms with Gasteiger partial charge in [0, 0.05) is 19.0 Å². The third-order valence-corrected chi connectivity index (χ3v) is 4.61. The predicted molar refractivity (Wildman–Crippen MR) is 83.9 cm³/mol. The van der Waals surface area contributed by atoms with Gasteiger partial charge in [-0.2, -0.15) is 0 Å². The summed E-state index contributed by atoms with van der Waals surface area (Å²) in [6.45, 7) is 0. The Morgan fingerprint density at radius 2 is 2.00 bits per heavy atom. The van der Waals surface area contributed by atoms with E-state index >= 15 is 0 Å². The lowest BCUT2D eigenvalue weighted by atomic mass is 9.88. The van der Waals surface area contributed by atoms with Gasteiger partial charge in [-0.05, 0) is 31.0 Å². The molecule has 1 fully saturated rings. The van der Waals surface area contributed by atoms with E-state index < -0.39 is 0 Å². The minimum atomic E-state index is 0.0899. The number of rotatable bonds is 4. The van der Waals surface area contributed by atoms with Crippen LogP contribution in [-0.2, 0) is 0 Å². The lowest BCUT2D eigenvalue weighted by molar-refractivity contribution is -0.889. The van der Waals surface area contributed by atoms with Gasteiger partial charge in [-0.25, -0.2) is 0 Å². The van der Waals surface area contributed by atoms with Crippen LogP contribution in [0.15, 0.2) is 24.3 Å². The smallest absolute Gasteiger partial charge is 0.254 e. The van der Waals surface area contributed by atoms with E-state index in [9.17, 15) is 4.79 Å². The van der Waals surface area contributed by atoms with Crippen LogP contribution >= 0.6 is 0 Å². The fraction of sp³-hybridized carbons (Fsp3) is 0.588. The van der Waals surface area contributed by atoms with E-state index in [1.807, 2.05) is 36.2 Å². The molecule has 0 bridgehead atoms. The van der Waals surface area contributed by atoms with E-state index in [2.05, 4.69) is 14.1 Å². The first-order valence-corrected chi connectivity index (χ1v) is 7.76. The monoisotopic (exact) mass is 291 g/mol. The normalized spacial score (nSPS) is 22.1. The van der Waals surface area contributed by atoms with E-state index in [-0.39, 0.29) is 5.91 Å². The highest BCUT2D eigenvalue weighted by atomic mass is 16.5. The van der Waals surface area contributed by atoms with Crippen molar-refractivity contribution in [2.75, 3.05) is 28.3 Å². The summed E-state index contributed by atoms with van der Waals surface area (Å²) in [6.07, 6.45) is 4.78. The Balaban J connectivity index is 2.16. The summed E-state index contributed by atoms with van der Waals surface area (Å²) in [5.74, 6) is 0.819. The van der Waals surface area contributed by atoms with Crippen LogP contribution in [0.2, 0.25) is 0 Å². The van der Waals surface area contributed by atoms with Crippen LogP contribution in [0.3, 0.4) is 0 Å². The van der Waals surface area contributed by atoms with E-state index in [0.29, 0.717) is 17.6 Å². The second-order valence-corrected chi connectivity index (χ2v) is 6.18. The molecule has 0 heterocycles. The first-order chi connectivity index (χ1) is 10.0. The van der Waals surface area contributed by atoms with Crippen molar-refractivity contribution in [2.24, 2.45) is 0 Å². The Kier molecular flexibility index (Phi) is 5.23. The number of nitrogens with one attached hydrogen (secondary N) is 1. The number of nitrogens with zero attached hydrogens (tertiary/aromatic N) is 1. The van der Waals surface area contributed by atoms with Gasteiger partial charge in [0.1, 0.15) is 11.8 Å². The molecule has 1 N–H and O–H groups in total. The summed E-state index contributed by atoms with van der Waals surface area (Å²) >= 11 is 0. The van der Waals surface area contributed by atoms with Crippen LogP contribution in [0, 0.1) is 0 Å². The van der Waals surface area contributed by atoms with Crippen molar-refractivity contribution in [1.29, 1.82) is 0 Å². The third-order valence-electron chi connectivity index (χ3n) is 4.61. The third kappa shape index (κ3) is 3.56. The molecule has 1 saturated carbocycles. The molecular weight excluding hydrogens is 264 g/mol. The van der Waals surface area contributed by atoms with Crippen molar-refractivity contribution in [3.8, 4) is 5.75 Å². The van der Waals surface area contributed by atoms with Gasteiger partial charge in [0.25, 0.3) is 5.91 Å². The van der Waals surface area contributed by atoms with Crippen molar-refractivity contribution >= 4 is 5.91 Å². The van der Waals surface area contributed by atoms with Crippen molar-refractivity contribution in [1.82, 2.24) is 4.90 Å². The number of carbonyl (C=O) groups is 1. The number of amides is 1. The van der Waals surface area contributed by atoms with Gasteiger partial charge in [0.15, 0.2) is 0 Å². The van der Waals surface area contributed by atoms with Gasteiger partial charge in [-0.15, -0.1) is 0 Å². The lowest BCUT2D eigenvalue weighted by Gasteiger charge is -2.38. The average molecular weight is 291 g/mol. The van der Waals surface area contributed by atoms with E-state index in [0.717, 1.165) is 12.2 Å². The van der Waals surface area contributed by atoms with Gasteiger partial charge in [0.05, 0.1) is 27.2 Å². The van der Waals surface area contributed by atoms with E-state index in [1.54, 1.807) is 7.11 Å². The number of carbonyl (C=O) groups excluding carboxylic acids is 1. The summed E-state index contributed by atoms with van der Waals surface area (Å²) in [4.78, 5) is 16.1. The van der Waals surface area contributed by atoms with Gasteiger partial charge < -0.3 is 14.5 Å². The maximum atomic E-state index is 12.7. The van der Waals surface area contributed by atoms with Crippen LogP contribution in [0.5, 0.6) is 5.75 Å². The standard InChI is InChI=1S/C17H26N2O2/c1-18(2)15-10-5-6-11-16(15)19(3)17(20)13-8-7-9-14(12-13)21-4/h7-9,12,15-16H,5-6,10-11H2,1-4H3/p+1. The molecule has 2 atom stereocenters. The first kappa shape index (κ1) is 15.8. The first-order valence-electron chi connectivity index (χ1n) is 7.76. The highest BCUT2D eigenvalue weighted by Crippen LogP contribution is 2.23. The minimum Gasteiger partial charge on any atom is -0.497 e. The lowest BCUT2D eigenvalue weighted by Crippen LogP contribution is -3.12. The zero-order valence-corrected chi connectivity index (χ0v) is 13.6. The highest BCUT2D eigenvalue weighted by molar-refractivity contribution is 5.94. The molecule has 0 spiro atoms. The molecule has 0 saturated heterocycles. The molecule has 21 heavy (non-hydrogen) atoms. The summed E-state index contributed by atoms with van der Waals surface area (Å²) in [5.41, 5.74) is 0.704. The molecule has 1 aromatic carbocycles. The Hall–Kier alpha value is -1.55. The number of quaternary nitrogens is 1. The predicted octanol–water partition coefficient (Wildman–Crippen LogP) is 1.22. The molecular formula is C17H27N2O2+. The maximum absolute atomic E-state index is 12.7. The maximum Gasteiger partial charge on any atom is 0.254 e. The molecule has 0 aromatic heterocycles. The van der Waals surface area contributed by atoms with Crippen LogP contribution in [0.25, 0.3) is 0 Å². The van der Waals surface area contributed by atoms with Crippen molar-refractivity contribution in [3.63, 3.8) is 0 Å². The molecule has 4 nitrogen and oxygen atoms in total. The Labute approximate surface area is 127 Å². The zero-order valence-electron chi connectivity index (χ0n) is 13.6. The summed E-state index contributed by atoms with van der Waals surface area (Å²) in [6, 6.07) is 8.27.